The van der Waals surface area contributed by atoms with Crippen LogP contribution >= 0.6 is 0 Å². The lowest BCUT2D eigenvalue weighted by molar-refractivity contribution is -0.123. The first kappa shape index (κ1) is 13.6. The number of piperidine rings is 1. The van der Waals surface area contributed by atoms with Gasteiger partial charge >= 0.3 is 0 Å². The molecule has 3 nitrogen and oxygen atoms in total. The second kappa shape index (κ2) is 5.96. The number of benzene rings is 1. The number of carbonyl (C=O) groups excluding carboxylic acids is 1. The van der Waals surface area contributed by atoms with E-state index >= 15 is 0 Å². The van der Waals surface area contributed by atoms with Gasteiger partial charge in [0.15, 0.2) is 0 Å². The fourth-order valence-electron chi connectivity index (χ4n) is 2.85. The number of rotatable bonds is 4. The Labute approximate surface area is 121 Å². The van der Waals surface area contributed by atoms with Gasteiger partial charge in [-0.15, -0.1) is 0 Å². The van der Waals surface area contributed by atoms with Crippen molar-refractivity contribution >= 4 is 5.91 Å². The molecule has 3 rings (SSSR count). The van der Waals surface area contributed by atoms with E-state index in [9.17, 15) is 4.79 Å². The van der Waals surface area contributed by atoms with Crippen molar-refractivity contribution in [3.8, 4) is 0 Å². The first-order valence-corrected chi connectivity index (χ1v) is 7.79. The highest BCUT2D eigenvalue weighted by molar-refractivity contribution is 5.81. The maximum atomic E-state index is 11.8. The van der Waals surface area contributed by atoms with Crippen LogP contribution in [0.5, 0.6) is 0 Å². The number of likely N-dealkylation sites (tertiary alicyclic amines) is 1. The molecule has 2 fully saturated rings. The predicted molar refractivity (Wildman–Crippen MR) is 80.3 cm³/mol. The minimum atomic E-state index is 0.294. The minimum Gasteiger partial charge on any atom is -0.353 e. The Bertz CT molecular complexity index is 456. The highest BCUT2D eigenvalue weighted by Crippen LogP contribution is 2.29. The van der Waals surface area contributed by atoms with Gasteiger partial charge in [-0.3, -0.25) is 9.69 Å². The molecule has 1 saturated carbocycles. The van der Waals surface area contributed by atoms with Crippen molar-refractivity contribution in [2.24, 2.45) is 5.92 Å². The third kappa shape index (κ3) is 3.60. The molecule has 1 aromatic rings. The summed E-state index contributed by atoms with van der Waals surface area (Å²) in [6.07, 6.45) is 4.37. The van der Waals surface area contributed by atoms with Crippen LogP contribution in [0, 0.1) is 12.8 Å². The molecule has 1 amide bonds. The fourth-order valence-corrected chi connectivity index (χ4v) is 2.85. The molecule has 2 aliphatic rings. The van der Waals surface area contributed by atoms with Gasteiger partial charge in [0.25, 0.3) is 0 Å². The molecule has 1 aliphatic heterocycles. The first-order valence-electron chi connectivity index (χ1n) is 7.79. The predicted octanol–water partition coefficient (Wildman–Crippen LogP) is 2.49. The van der Waals surface area contributed by atoms with Gasteiger partial charge in [0.05, 0.1) is 0 Å². The smallest absolute Gasteiger partial charge is 0.223 e. The third-order valence-electron chi connectivity index (χ3n) is 4.41. The van der Waals surface area contributed by atoms with Gasteiger partial charge in [0.1, 0.15) is 0 Å². The lowest BCUT2D eigenvalue weighted by atomic mass is 10.0. The average molecular weight is 272 g/mol. The second-order valence-corrected chi connectivity index (χ2v) is 6.32. The lowest BCUT2D eigenvalue weighted by Crippen LogP contribution is -2.44. The SMILES string of the molecule is Cc1ccc(CN2CCC(NC(=O)C3CC3)CC2)cc1. The van der Waals surface area contributed by atoms with Crippen LogP contribution in [0.15, 0.2) is 24.3 Å². The number of nitrogens with zero attached hydrogens (tertiary/aromatic N) is 1. The molecule has 3 heteroatoms. The first-order chi connectivity index (χ1) is 9.70. The molecule has 20 heavy (non-hydrogen) atoms. The molecule has 0 radical (unpaired) electrons. The summed E-state index contributed by atoms with van der Waals surface area (Å²) in [6, 6.07) is 9.19. The van der Waals surface area contributed by atoms with E-state index in [-0.39, 0.29) is 0 Å². The van der Waals surface area contributed by atoms with Crippen molar-refractivity contribution in [3.63, 3.8) is 0 Å². The summed E-state index contributed by atoms with van der Waals surface area (Å²) in [5.41, 5.74) is 2.70. The number of aryl methyl sites for hydroxylation is 1. The molecule has 0 atom stereocenters. The molecule has 0 unspecified atom stereocenters. The van der Waals surface area contributed by atoms with Crippen molar-refractivity contribution in [3.05, 3.63) is 35.4 Å². The summed E-state index contributed by atoms with van der Waals surface area (Å²) in [5, 5.41) is 3.21. The van der Waals surface area contributed by atoms with Crippen molar-refractivity contribution in [1.82, 2.24) is 10.2 Å². The Hall–Kier alpha value is -1.35. The van der Waals surface area contributed by atoms with Gasteiger partial charge in [-0.1, -0.05) is 29.8 Å². The Morgan fingerprint density at radius 1 is 1.15 bits per heavy atom. The van der Waals surface area contributed by atoms with Crippen molar-refractivity contribution in [1.29, 1.82) is 0 Å². The summed E-state index contributed by atoms with van der Waals surface area (Å²) >= 11 is 0. The molecule has 1 heterocycles. The van der Waals surface area contributed by atoms with Gasteiger partial charge in [-0.05, 0) is 38.2 Å². The summed E-state index contributed by atoms with van der Waals surface area (Å²) < 4.78 is 0. The molecular formula is C17H24N2O. The molecule has 0 spiro atoms. The number of amides is 1. The number of nitrogens with one attached hydrogen (secondary N) is 1. The van der Waals surface area contributed by atoms with Crippen LogP contribution in [-0.2, 0) is 11.3 Å². The van der Waals surface area contributed by atoms with Crippen LogP contribution in [-0.4, -0.2) is 29.9 Å². The van der Waals surface area contributed by atoms with Crippen LogP contribution in [0.25, 0.3) is 0 Å². The Morgan fingerprint density at radius 3 is 2.40 bits per heavy atom. The quantitative estimate of drug-likeness (QED) is 0.913. The van der Waals surface area contributed by atoms with E-state index in [0.717, 1.165) is 45.3 Å². The van der Waals surface area contributed by atoms with E-state index in [2.05, 4.69) is 41.4 Å². The molecule has 108 valence electrons. The molecule has 1 N–H and O–H groups in total. The van der Waals surface area contributed by atoms with Gasteiger partial charge in [-0.25, -0.2) is 0 Å². The van der Waals surface area contributed by atoms with E-state index in [1.807, 2.05) is 0 Å². The summed E-state index contributed by atoms with van der Waals surface area (Å²) in [7, 11) is 0. The van der Waals surface area contributed by atoms with Crippen molar-refractivity contribution in [2.45, 2.75) is 45.2 Å². The highest BCUT2D eigenvalue weighted by Gasteiger charge is 2.31. The largest absolute Gasteiger partial charge is 0.353 e. The van der Waals surface area contributed by atoms with Crippen LogP contribution in [0.2, 0.25) is 0 Å². The zero-order chi connectivity index (χ0) is 13.9. The molecule has 0 aromatic heterocycles. The lowest BCUT2D eigenvalue weighted by Gasteiger charge is -2.32. The van der Waals surface area contributed by atoms with Gasteiger partial charge < -0.3 is 5.32 Å². The summed E-state index contributed by atoms with van der Waals surface area (Å²) in [5.74, 6) is 0.627. The van der Waals surface area contributed by atoms with Crippen LogP contribution in [0.1, 0.15) is 36.8 Å². The third-order valence-corrected chi connectivity index (χ3v) is 4.41. The van der Waals surface area contributed by atoms with E-state index in [1.54, 1.807) is 0 Å². The maximum Gasteiger partial charge on any atom is 0.223 e. The number of hydrogen-bond donors (Lipinski definition) is 1. The molecule has 0 bridgehead atoms. The zero-order valence-electron chi connectivity index (χ0n) is 12.3. The molecular weight excluding hydrogens is 248 g/mol. The highest BCUT2D eigenvalue weighted by atomic mass is 16.2. The standard InChI is InChI=1S/C17H24N2O/c1-13-2-4-14(5-3-13)12-19-10-8-16(9-11-19)18-17(20)15-6-7-15/h2-5,15-16H,6-12H2,1H3,(H,18,20). The molecule has 1 aromatic carbocycles. The minimum absolute atomic E-state index is 0.294. The summed E-state index contributed by atoms with van der Waals surface area (Å²) in [6.45, 7) is 5.33. The number of hydrogen-bond acceptors (Lipinski definition) is 2. The topological polar surface area (TPSA) is 32.3 Å². The Balaban J connectivity index is 1.43. The van der Waals surface area contributed by atoms with Crippen molar-refractivity contribution < 1.29 is 4.79 Å². The Kier molecular flexibility index (Phi) is 4.06. The van der Waals surface area contributed by atoms with Crippen LogP contribution < -0.4 is 5.32 Å². The van der Waals surface area contributed by atoms with E-state index < -0.39 is 0 Å². The zero-order valence-corrected chi connectivity index (χ0v) is 12.3. The van der Waals surface area contributed by atoms with E-state index in [1.165, 1.54) is 11.1 Å². The van der Waals surface area contributed by atoms with Gasteiger partial charge in [0.2, 0.25) is 5.91 Å². The van der Waals surface area contributed by atoms with Gasteiger partial charge in [-0.2, -0.15) is 0 Å². The normalized spacial score (nSPS) is 20.9. The monoisotopic (exact) mass is 272 g/mol. The van der Waals surface area contributed by atoms with Crippen LogP contribution in [0.4, 0.5) is 0 Å². The number of carbonyl (C=O) groups is 1. The second-order valence-electron chi connectivity index (χ2n) is 6.32. The van der Waals surface area contributed by atoms with E-state index in [0.29, 0.717) is 17.9 Å². The maximum absolute atomic E-state index is 11.8. The summed E-state index contributed by atoms with van der Waals surface area (Å²) in [4.78, 5) is 14.2. The molecule has 1 saturated heterocycles. The van der Waals surface area contributed by atoms with Crippen molar-refractivity contribution in [2.75, 3.05) is 13.1 Å². The van der Waals surface area contributed by atoms with E-state index in [4.69, 9.17) is 0 Å². The molecule has 1 aliphatic carbocycles. The fraction of sp³-hybridized carbons (Fsp3) is 0.588. The van der Waals surface area contributed by atoms with Gasteiger partial charge in [0, 0.05) is 31.6 Å². The average Bonchev–Trinajstić information content (AvgIpc) is 3.28. The Morgan fingerprint density at radius 2 is 1.80 bits per heavy atom. The van der Waals surface area contributed by atoms with Crippen LogP contribution in [0.3, 0.4) is 0 Å².